The zero-order valence-electron chi connectivity index (χ0n) is 24.9. The van der Waals surface area contributed by atoms with Gasteiger partial charge in [0.15, 0.2) is 11.5 Å². The maximum atomic E-state index is 13.1. The number of nitrogens with one attached hydrogen (secondary N) is 4. The number of morpholine rings is 1. The summed E-state index contributed by atoms with van der Waals surface area (Å²) in [6, 6.07) is 10.5. The Hall–Kier alpha value is -5.29. The number of halogens is 3. The summed E-state index contributed by atoms with van der Waals surface area (Å²) in [5.74, 6) is -0.301. The van der Waals surface area contributed by atoms with Crippen LogP contribution in [0.4, 0.5) is 36.2 Å². The van der Waals surface area contributed by atoms with Gasteiger partial charge >= 0.3 is 6.36 Å². The van der Waals surface area contributed by atoms with Crippen molar-refractivity contribution in [1.29, 1.82) is 0 Å². The van der Waals surface area contributed by atoms with E-state index < -0.39 is 18.1 Å². The normalized spacial score (nSPS) is 13.6. The van der Waals surface area contributed by atoms with Gasteiger partial charge in [0.25, 0.3) is 11.8 Å². The minimum Gasteiger partial charge on any atom is -0.388 e. The predicted octanol–water partition coefficient (Wildman–Crippen LogP) is 3.36. The van der Waals surface area contributed by atoms with E-state index in [1.165, 1.54) is 17.1 Å². The Morgan fingerprint density at radius 2 is 1.83 bits per heavy atom. The monoisotopic (exact) mass is 640 g/mol. The third-order valence-electron chi connectivity index (χ3n) is 6.86. The maximum absolute atomic E-state index is 13.1. The summed E-state index contributed by atoms with van der Waals surface area (Å²) in [6.45, 7) is 5.89. The van der Waals surface area contributed by atoms with Crippen molar-refractivity contribution >= 4 is 34.8 Å². The molecule has 0 spiro atoms. The molecule has 0 radical (unpaired) electrons. The molecule has 1 saturated heterocycles. The van der Waals surface area contributed by atoms with Gasteiger partial charge in [-0.05, 0) is 30.7 Å². The van der Waals surface area contributed by atoms with Crippen LogP contribution < -0.4 is 26.0 Å². The predicted molar refractivity (Wildman–Crippen MR) is 162 cm³/mol. The average molecular weight is 641 g/mol. The lowest BCUT2D eigenvalue weighted by atomic mass is 10.1. The SMILES string of the molecule is CNc1cc(-n2nc(C(=O)NCCN3CCOCC3)cc2Nc2cc(NC(=O)c3ccc(OC(F)(F)F)nc3)ccc2C)ncn1. The Balaban J connectivity index is 1.34. The fourth-order valence-electron chi connectivity index (χ4n) is 4.47. The summed E-state index contributed by atoms with van der Waals surface area (Å²) in [4.78, 5) is 40.1. The number of anilines is 4. The first-order chi connectivity index (χ1) is 22.1. The van der Waals surface area contributed by atoms with Crippen molar-refractivity contribution in [2.45, 2.75) is 13.3 Å². The van der Waals surface area contributed by atoms with Crippen LogP contribution in [0.5, 0.6) is 5.88 Å². The summed E-state index contributed by atoms with van der Waals surface area (Å²) in [6.07, 6.45) is -2.54. The molecule has 242 valence electrons. The zero-order valence-corrected chi connectivity index (χ0v) is 24.9. The quantitative estimate of drug-likeness (QED) is 0.190. The molecule has 0 saturated carbocycles. The number of rotatable bonds is 11. The molecule has 17 heteroatoms. The molecule has 0 atom stereocenters. The van der Waals surface area contributed by atoms with Crippen LogP contribution >= 0.6 is 0 Å². The Morgan fingerprint density at radius 1 is 1.02 bits per heavy atom. The standard InChI is InChI=1S/C29H31F3N10O4/c1-18-3-5-20(38-27(43)19-4-6-26(35-16-19)46-29(30,31)32)13-21(18)39-25-14-22(28(44)34-7-8-41-9-11-45-12-10-41)40-42(25)24-15-23(33-2)36-17-37-24/h3-6,13-17,39H,7-12H2,1-2H3,(H,34,44)(H,38,43)(H,33,36,37). The lowest BCUT2D eigenvalue weighted by Crippen LogP contribution is -2.41. The Morgan fingerprint density at radius 3 is 2.54 bits per heavy atom. The number of hydrogen-bond donors (Lipinski definition) is 4. The molecular formula is C29H31F3N10O4. The van der Waals surface area contributed by atoms with Crippen LogP contribution in [0.2, 0.25) is 0 Å². The summed E-state index contributed by atoms with van der Waals surface area (Å²) in [5.41, 5.74) is 1.95. The molecule has 4 aromatic rings. The van der Waals surface area contributed by atoms with Crippen LogP contribution in [0.25, 0.3) is 5.82 Å². The van der Waals surface area contributed by atoms with E-state index in [0.29, 0.717) is 55.1 Å². The van der Waals surface area contributed by atoms with Crippen molar-refractivity contribution in [3.63, 3.8) is 0 Å². The lowest BCUT2D eigenvalue weighted by Gasteiger charge is -2.26. The summed E-state index contributed by atoms with van der Waals surface area (Å²) >= 11 is 0. The third kappa shape index (κ3) is 8.45. The number of pyridine rings is 1. The van der Waals surface area contributed by atoms with Crippen molar-refractivity contribution in [2.24, 2.45) is 0 Å². The number of amides is 2. The topological polar surface area (TPSA) is 160 Å². The van der Waals surface area contributed by atoms with Gasteiger partial charge in [-0.25, -0.2) is 15.0 Å². The van der Waals surface area contributed by atoms with Gasteiger partial charge in [-0.3, -0.25) is 14.5 Å². The van der Waals surface area contributed by atoms with E-state index in [1.54, 1.807) is 37.4 Å². The second-order valence-electron chi connectivity index (χ2n) is 10.1. The van der Waals surface area contributed by atoms with Crippen LogP contribution in [-0.4, -0.2) is 94.2 Å². The van der Waals surface area contributed by atoms with Gasteiger partial charge in [0.05, 0.1) is 18.8 Å². The van der Waals surface area contributed by atoms with Crippen molar-refractivity contribution in [1.82, 2.24) is 34.9 Å². The van der Waals surface area contributed by atoms with Gasteiger partial charge in [-0.2, -0.15) is 9.78 Å². The zero-order chi connectivity index (χ0) is 32.7. The average Bonchev–Trinajstić information content (AvgIpc) is 3.46. The van der Waals surface area contributed by atoms with Gasteiger partial charge in [-0.15, -0.1) is 13.2 Å². The van der Waals surface area contributed by atoms with E-state index >= 15 is 0 Å². The van der Waals surface area contributed by atoms with Crippen LogP contribution in [0.15, 0.2) is 55.0 Å². The molecule has 4 N–H and O–H groups in total. The Labute approximate surface area is 261 Å². The lowest BCUT2D eigenvalue weighted by molar-refractivity contribution is -0.276. The van der Waals surface area contributed by atoms with Crippen molar-refractivity contribution in [2.75, 3.05) is 62.4 Å². The molecular weight excluding hydrogens is 609 g/mol. The number of carbonyl (C=O) groups excluding carboxylic acids is 2. The number of hydrogen-bond acceptors (Lipinski definition) is 11. The van der Waals surface area contributed by atoms with Crippen LogP contribution in [-0.2, 0) is 4.74 Å². The Bertz CT molecular complexity index is 1670. The summed E-state index contributed by atoms with van der Waals surface area (Å²) in [7, 11) is 1.71. The molecule has 0 bridgehead atoms. The van der Waals surface area contributed by atoms with E-state index in [0.717, 1.165) is 30.9 Å². The highest BCUT2D eigenvalue weighted by Crippen LogP contribution is 2.27. The number of benzene rings is 1. The van der Waals surface area contributed by atoms with Gasteiger partial charge in [-0.1, -0.05) is 6.07 Å². The molecule has 14 nitrogen and oxygen atoms in total. The molecule has 46 heavy (non-hydrogen) atoms. The molecule has 0 aliphatic carbocycles. The van der Waals surface area contributed by atoms with Crippen molar-refractivity contribution in [3.8, 4) is 11.7 Å². The van der Waals surface area contributed by atoms with E-state index in [-0.39, 0.29) is 17.2 Å². The van der Waals surface area contributed by atoms with Crippen molar-refractivity contribution in [3.05, 3.63) is 71.8 Å². The first-order valence-corrected chi connectivity index (χ1v) is 14.2. The summed E-state index contributed by atoms with van der Waals surface area (Å²) < 4.78 is 47.9. The largest absolute Gasteiger partial charge is 0.574 e. The molecule has 3 aromatic heterocycles. The van der Waals surface area contributed by atoms with Crippen LogP contribution in [0, 0.1) is 6.92 Å². The molecule has 1 fully saturated rings. The summed E-state index contributed by atoms with van der Waals surface area (Å²) in [5, 5.41) is 16.4. The number of aromatic nitrogens is 5. The number of aryl methyl sites for hydroxylation is 1. The highest BCUT2D eigenvalue weighted by molar-refractivity contribution is 6.04. The number of alkyl halides is 3. The Kier molecular flexibility index (Phi) is 9.92. The minimum atomic E-state index is -4.90. The first kappa shape index (κ1) is 32.1. The second-order valence-corrected chi connectivity index (χ2v) is 10.1. The first-order valence-electron chi connectivity index (χ1n) is 14.2. The number of nitrogens with zero attached hydrogens (tertiary/aromatic N) is 6. The van der Waals surface area contributed by atoms with E-state index in [1.807, 2.05) is 6.92 Å². The molecule has 4 heterocycles. The molecule has 5 rings (SSSR count). The van der Waals surface area contributed by atoms with Crippen LogP contribution in [0.1, 0.15) is 26.4 Å². The number of ether oxygens (including phenoxy) is 2. The fraction of sp³-hybridized carbons (Fsp3) is 0.310. The molecule has 1 aromatic carbocycles. The van der Waals surface area contributed by atoms with E-state index in [4.69, 9.17) is 4.74 Å². The highest BCUT2D eigenvalue weighted by atomic mass is 19.4. The smallest absolute Gasteiger partial charge is 0.388 e. The minimum absolute atomic E-state index is 0.0241. The van der Waals surface area contributed by atoms with Gasteiger partial charge in [0, 0.05) is 69.0 Å². The molecule has 0 unspecified atom stereocenters. The highest BCUT2D eigenvalue weighted by Gasteiger charge is 2.31. The van der Waals surface area contributed by atoms with Crippen molar-refractivity contribution < 1.29 is 32.2 Å². The van der Waals surface area contributed by atoms with Gasteiger partial charge in [0.1, 0.15) is 18.0 Å². The van der Waals surface area contributed by atoms with Crippen LogP contribution in [0.3, 0.4) is 0 Å². The fourth-order valence-corrected chi connectivity index (χ4v) is 4.47. The molecule has 2 amide bonds. The molecule has 1 aliphatic rings. The third-order valence-corrected chi connectivity index (χ3v) is 6.86. The van der Waals surface area contributed by atoms with Gasteiger partial charge < -0.3 is 30.7 Å². The number of carbonyl (C=O) groups is 2. The maximum Gasteiger partial charge on any atom is 0.574 e. The van der Waals surface area contributed by atoms with Gasteiger partial charge in [0.2, 0.25) is 5.88 Å². The molecule has 1 aliphatic heterocycles. The van der Waals surface area contributed by atoms with E-state index in [2.05, 4.69) is 51.0 Å². The second kappa shape index (κ2) is 14.2. The van der Waals surface area contributed by atoms with E-state index in [9.17, 15) is 22.8 Å².